The molecule has 1 heterocycles. The molecule has 0 spiro atoms. The topological polar surface area (TPSA) is 124 Å². The summed E-state index contributed by atoms with van der Waals surface area (Å²) in [5.74, 6) is -1.34. The van der Waals surface area contributed by atoms with Gasteiger partial charge in [0.05, 0.1) is 19.8 Å². The van der Waals surface area contributed by atoms with E-state index in [1.54, 1.807) is 13.0 Å². The summed E-state index contributed by atoms with van der Waals surface area (Å²) in [6.45, 7) is 9.88. The van der Waals surface area contributed by atoms with Gasteiger partial charge >= 0.3 is 13.1 Å². The van der Waals surface area contributed by atoms with Gasteiger partial charge in [0.2, 0.25) is 0 Å². The van der Waals surface area contributed by atoms with Crippen LogP contribution in [0, 0.1) is 33.9 Å². The third kappa shape index (κ3) is 6.20. The molecular formula is C30H45BFNO8. The maximum absolute atomic E-state index is 15.0. The van der Waals surface area contributed by atoms with Gasteiger partial charge in [-0.25, -0.2) is 14.7 Å². The number of rotatable bonds is 10. The van der Waals surface area contributed by atoms with Crippen LogP contribution in [0.15, 0.2) is 12.1 Å². The number of carbonyl (C=O) groups excluding carboxylic acids is 2. The number of hydrogen-bond acceptors (Lipinski definition) is 9. The van der Waals surface area contributed by atoms with Crippen LogP contribution < -0.4 is 15.7 Å². The zero-order chi connectivity index (χ0) is 30.2. The Balaban J connectivity index is 1.61. The van der Waals surface area contributed by atoms with Gasteiger partial charge in [-0.05, 0) is 67.9 Å². The normalized spacial score (nSPS) is 34.9. The summed E-state index contributed by atoms with van der Waals surface area (Å²) in [5, 5.41) is 21.8. The molecule has 1 aliphatic heterocycles. The van der Waals surface area contributed by atoms with E-state index in [9.17, 15) is 24.1 Å². The molecule has 2 bridgehead atoms. The zero-order valence-electron chi connectivity index (χ0n) is 25.1. The SMILES string of the molecule is CONC[C@]1(C)C[C@@H](OC(=O)COc2ccc3c(c2F)B(O)OC3)[C@@]2(C)C[C@](CCC(C)=O)(CC[C@H]2C)[C@@H](C)[C@@H]1O. The smallest absolute Gasteiger partial charge is 0.479 e. The Labute approximate surface area is 242 Å². The van der Waals surface area contributed by atoms with Crippen LogP contribution in [-0.4, -0.2) is 61.5 Å². The Morgan fingerprint density at radius 1 is 1.27 bits per heavy atom. The van der Waals surface area contributed by atoms with E-state index in [0.717, 1.165) is 12.8 Å². The van der Waals surface area contributed by atoms with Crippen molar-refractivity contribution in [3.63, 3.8) is 0 Å². The molecule has 2 aliphatic carbocycles. The van der Waals surface area contributed by atoms with Gasteiger partial charge in [0.1, 0.15) is 11.9 Å². The van der Waals surface area contributed by atoms with Gasteiger partial charge in [0.15, 0.2) is 18.2 Å². The highest BCUT2D eigenvalue weighted by Gasteiger charge is 2.59. The van der Waals surface area contributed by atoms with Crippen LogP contribution >= 0.6 is 0 Å². The minimum atomic E-state index is -1.38. The van der Waals surface area contributed by atoms with Gasteiger partial charge in [-0.2, -0.15) is 0 Å². The Morgan fingerprint density at radius 3 is 2.68 bits per heavy atom. The van der Waals surface area contributed by atoms with Crippen molar-refractivity contribution >= 4 is 24.3 Å². The predicted octanol–water partition coefficient (Wildman–Crippen LogP) is 3.07. The highest BCUT2D eigenvalue weighted by Crippen LogP contribution is 2.61. The van der Waals surface area contributed by atoms with E-state index in [4.69, 9.17) is 19.0 Å². The molecule has 2 fully saturated rings. The van der Waals surface area contributed by atoms with Crippen molar-refractivity contribution in [3.8, 4) is 5.75 Å². The van der Waals surface area contributed by atoms with Gasteiger partial charge in [0, 0.05) is 29.3 Å². The Bertz CT molecular complexity index is 1140. The zero-order valence-corrected chi connectivity index (χ0v) is 25.1. The number of ketones is 1. The number of fused-ring (bicyclic) bond motifs is 3. The first-order chi connectivity index (χ1) is 19.3. The second-order valence-electron chi connectivity index (χ2n) is 13.2. The van der Waals surface area contributed by atoms with Crippen molar-refractivity contribution in [1.29, 1.82) is 0 Å². The van der Waals surface area contributed by atoms with E-state index in [-0.39, 0.29) is 40.9 Å². The summed E-state index contributed by atoms with van der Waals surface area (Å²) in [6.07, 6.45) is 2.61. The molecule has 9 nitrogen and oxygen atoms in total. The molecule has 0 radical (unpaired) electrons. The monoisotopic (exact) mass is 577 g/mol. The first-order valence-corrected chi connectivity index (χ1v) is 14.6. The number of halogens is 1. The quantitative estimate of drug-likeness (QED) is 0.219. The van der Waals surface area contributed by atoms with E-state index >= 15 is 0 Å². The van der Waals surface area contributed by atoms with Crippen LogP contribution in [-0.2, 0) is 30.4 Å². The number of Topliss-reactive ketones (excluding diaryl/α,β-unsaturated/α-hetero) is 1. The summed E-state index contributed by atoms with van der Waals surface area (Å²) in [4.78, 5) is 30.5. The molecule has 0 amide bonds. The van der Waals surface area contributed by atoms with Crippen LogP contribution in [0.2, 0.25) is 0 Å². The van der Waals surface area contributed by atoms with Crippen molar-refractivity contribution in [3.05, 3.63) is 23.5 Å². The average molecular weight is 577 g/mol. The van der Waals surface area contributed by atoms with Gasteiger partial charge in [0.25, 0.3) is 0 Å². The summed E-state index contributed by atoms with van der Waals surface area (Å²) in [5.41, 5.74) is 2.00. The van der Waals surface area contributed by atoms with Gasteiger partial charge in [-0.15, -0.1) is 0 Å². The van der Waals surface area contributed by atoms with Crippen molar-refractivity contribution in [1.82, 2.24) is 5.48 Å². The van der Waals surface area contributed by atoms with E-state index in [1.165, 1.54) is 13.2 Å². The van der Waals surface area contributed by atoms with E-state index in [1.807, 2.05) is 6.92 Å². The van der Waals surface area contributed by atoms with Gasteiger partial charge < -0.3 is 33.9 Å². The molecule has 11 heteroatoms. The lowest BCUT2D eigenvalue weighted by atomic mass is 9.47. The first-order valence-electron chi connectivity index (χ1n) is 14.6. The summed E-state index contributed by atoms with van der Waals surface area (Å²) < 4.78 is 31.8. The fourth-order valence-electron chi connectivity index (χ4n) is 7.55. The second kappa shape index (κ2) is 12.3. The number of aliphatic hydroxyl groups excluding tert-OH is 1. The minimum absolute atomic E-state index is 0.0193. The number of benzene rings is 1. The summed E-state index contributed by atoms with van der Waals surface area (Å²) in [6, 6.07) is 3.02. The number of hydrogen-bond donors (Lipinski definition) is 3. The van der Waals surface area contributed by atoms with Crippen LogP contribution in [0.3, 0.4) is 0 Å². The van der Waals surface area contributed by atoms with E-state index in [2.05, 4.69) is 26.3 Å². The Kier molecular flexibility index (Phi) is 9.55. The van der Waals surface area contributed by atoms with Crippen LogP contribution in [0.25, 0.3) is 0 Å². The van der Waals surface area contributed by atoms with Crippen molar-refractivity contribution in [2.45, 2.75) is 92.0 Å². The fourth-order valence-corrected chi connectivity index (χ4v) is 7.55. The predicted molar refractivity (Wildman–Crippen MR) is 151 cm³/mol. The molecule has 2 saturated carbocycles. The molecule has 3 aliphatic rings. The Morgan fingerprint density at radius 2 is 2.00 bits per heavy atom. The fraction of sp³-hybridized carbons (Fsp3) is 0.733. The largest absolute Gasteiger partial charge is 0.494 e. The van der Waals surface area contributed by atoms with Crippen molar-refractivity contribution in [2.24, 2.45) is 28.1 Å². The number of nitrogens with one attached hydrogen (secondary N) is 1. The molecule has 0 saturated heterocycles. The maximum Gasteiger partial charge on any atom is 0.494 e. The number of aliphatic hydroxyl groups is 1. The average Bonchev–Trinajstić information content (AvgIpc) is 3.31. The molecule has 228 valence electrons. The maximum atomic E-state index is 15.0. The Hall–Kier alpha value is -2.05. The van der Waals surface area contributed by atoms with E-state index < -0.39 is 48.5 Å². The van der Waals surface area contributed by atoms with Crippen molar-refractivity contribution < 1.29 is 43.1 Å². The lowest BCUT2D eigenvalue weighted by Crippen LogP contribution is -2.60. The molecule has 1 aromatic rings. The number of ether oxygens (including phenoxy) is 2. The highest BCUT2D eigenvalue weighted by molar-refractivity contribution is 6.61. The van der Waals surface area contributed by atoms with E-state index in [0.29, 0.717) is 37.8 Å². The van der Waals surface area contributed by atoms with Crippen molar-refractivity contribution in [2.75, 3.05) is 20.3 Å². The van der Waals surface area contributed by atoms with Crippen LogP contribution in [0.4, 0.5) is 4.39 Å². The summed E-state index contributed by atoms with van der Waals surface area (Å²) in [7, 11) is 0.144. The first kappa shape index (κ1) is 31.9. The third-order valence-corrected chi connectivity index (χ3v) is 10.6. The molecule has 41 heavy (non-hydrogen) atoms. The number of esters is 1. The minimum Gasteiger partial charge on any atom is -0.479 e. The molecule has 3 N–H and O–H groups in total. The second-order valence-corrected chi connectivity index (χ2v) is 13.2. The molecule has 0 unspecified atom stereocenters. The standard InChI is InChI=1S/C30H45BFNO8/c1-18-9-11-30(12-10-19(2)34)16-29(18,5)23(13-28(4,17-33-38-6)27(36)20(30)3)41-24(35)15-39-22-8-7-21-14-40-31(37)25(21)26(22)32/h7-8,18,20,23,27,33,36-37H,9-17H2,1-6H3/t18-,20+,23-,27+,28+,29+,30-/m1/s1. The van der Waals surface area contributed by atoms with Crippen LogP contribution in [0.1, 0.15) is 78.7 Å². The molecule has 4 rings (SSSR count). The number of hydroxylamine groups is 1. The highest BCUT2D eigenvalue weighted by atomic mass is 19.1. The molecular weight excluding hydrogens is 532 g/mol. The lowest BCUT2D eigenvalue weighted by molar-refractivity contribution is -0.197. The molecule has 1 aromatic carbocycles. The van der Waals surface area contributed by atoms with Gasteiger partial charge in [-0.3, -0.25) is 0 Å². The number of carbonyl (C=O) groups is 2. The lowest BCUT2D eigenvalue weighted by Gasteiger charge is -2.60. The summed E-state index contributed by atoms with van der Waals surface area (Å²) >= 11 is 0. The van der Waals surface area contributed by atoms with Crippen LogP contribution in [0.5, 0.6) is 5.75 Å². The molecule has 7 atom stereocenters. The molecule has 0 aromatic heterocycles. The van der Waals surface area contributed by atoms with Gasteiger partial charge in [-0.1, -0.05) is 33.8 Å². The third-order valence-electron chi connectivity index (χ3n) is 10.6.